The highest BCUT2D eigenvalue weighted by Gasteiger charge is 2.47. The Morgan fingerprint density at radius 1 is 1.18 bits per heavy atom. The summed E-state index contributed by atoms with van der Waals surface area (Å²) in [6, 6.07) is 14.7. The van der Waals surface area contributed by atoms with E-state index in [1.54, 1.807) is 6.92 Å². The van der Waals surface area contributed by atoms with Gasteiger partial charge in [0, 0.05) is 24.4 Å². The highest BCUT2D eigenvalue weighted by molar-refractivity contribution is 5.97. The van der Waals surface area contributed by atoms with Gasteiger partial charge in [0.15, 0.2) is 0 Å². The van der Waals surface area contributed by atoms with Gasteiger partial charge in [0.2, 0.25) is 5.91 Å². The number of rotatable bonds is 4. The molecule has 3 rings (SSSR count). The molecule has 1 unspecified atom stereocenters. The smallest absolute Gasteiger partial charge is 0.224 e. The molecule has 28 heavy (non-hydrogen) atoms. The van der Waals surface area contributed by atoms with Crippen molar-refractivity contribution in [2.45, 2.75) is 58.9 Å². The van der Waals surface area contributed by atoms with E-state index in [2.05, 4.69) is 76.3 Å². The van der Waals surface area contributed by atoms with Crippen LogP contribution < -0.4 is 16.0 Å². The summed E-state index contributed by atoms with van der Waals surface area (Å²) in [6.07, 6.45) is 0.828. The van der Waals surface area contributed by atoms with Gasteiger partial charge in [0.25, 0.3) is 0 Å². The number of nitrogen functional groups attached to an aromatic ring is 1. The van der Waals surface area contributed by atoms with Gasteiger partial charge in [-0.2, -0.15) is 0 Å². The van der Waals surface area contributed by atoms with Crippen LogP contribution in [-0.4, -0.2) is 18.0 Å². The highest BCUT2D eigenvalue weighted by atomic mass is 16.2. The van der Waals surface area contributed by atoms with Crippen LogP contribution in [0.2, 0.25) is 0 Å². The fraction of sp³-hybridized carbons (Fsp3) is 0.458. The first kappa shape index (κ1) is 20.2. The fourth-order valence-electron chi connectivity index (χ4n) is 4.72. The Morgan fingerprint density at radius 2 is 1.82 bits per heavy atom. The zero-order valence-electron chi connectivity index (χ0n) is 18.0. The van der Waals surface area contributed by atoms with Crippen molar-refractivity contribution >= 4 is 23.0 Å². The largest absolute Gasteiger partial charge is 0.397 e. The van der Waals surface area contributed by atoms with Gasteiger partial charge >= 0.3 is 0 Å². The SMILES string of the molecule is CC(=O)N1c2cc(NCC(C)C)c(N)cc2C(C)(c2ccccc2)CC1(C)C. The topological polar surface area (TPSA) is 58.4 Å². The molecule has 4 heteroatoms. The number of carbonyl (C=O) groups is 1. The third-order valence-corrected chi connectivity index (χ3v) is 5.82. The minimum atomic E-state index is -0.311. The predicted molar refractivity (Wildman–Crippen MR) is 119 cm³/mol. The van der Waals surface area contributed by atoms with Crippen molar-refractivity contribution in [2.75, 3.05) is 22.5 Å². The zero-order chi connectivity index (χ0) is 20.7. The van der Waals surface area contributed by atoms with E-state index in [9.17, 15) is 4.79 Å². The lowest BCUT2D eigenvalue weighted by Crippen LogP contribution is -2.55. The minimum Gasteiger partial charge on any atom is -0.397 e. The van der Waals surface area contributed by atoms with Crippen LogP contribution in [0.15, 0.2) is 42.5 Å². The van der Waals surface area contributed by atoms with Gasteiger partial charge in [-0.1, -0.05) is 51.1 Å². The summed E-state index contributed by atoms with van der Waals surface area (Å²) in [5.74, 6) is 0.561. The first-order chi connectivity index (χ1) is 13.1. The number of hydrogen-bond acceptors (Lipinski definition) is 3. The molecule has 2 aromatic carbocycles. The molecule has 1 aliphatic heterocycles. The van der Waals surface area contributed by atoms with E-state index in [1.807, 2.05) is 11.0 Å². The van der Waals surface area contributed by atoms with Crippen LogP contribution >= 0.6 is 0 Å². The van der Waals surface area contributed by atoms with Crippen molar-refractivity contribution in [3.63, 3.8) is 0 Å². The Labute approximate surface area is 169 Å². The van der Waals surface area contributed by atoms with E-state index < -0.39 is 0 Å². The number of nitrogens with one attached hydrogen (secondary N) is 1. The summed E-state index contributed by atoms with van der Waals surface area (Å²) >= 11 is 0. The Balaban J connectivity index is 2.24. The molecule has 0 bridgehead atoms. The second kappa shape index (κ2) is 7.16. The van der Waals surface area contributed by atoms with Crippen molar-refractivity contribution in [2.24, 2.45) is 5.92 Å². The van der Waals surface area contributed by atoms with Crippen LogP contribution in [0.1, 0.15) is 59.1 Å². The Hall–Kier alpha value is -2.49. The fourth-order valence-corrected chi connectivity index (χ4v) is 4.72. The van der Waals surface area contributed by atoms with Crippen molar-refractivity contribution in [3.05, 3.63) is 53.6 Å². The van der Waals surface area contributed by atoms with Gasteiger partial charge < -0.3 is 16.0 Å². The standard InChI is InChI=1S/C24H33N3O/c1-16(2)14-26-21-13-22-19(12-20(21)25)24(6,18-10-8-7-9-11-18)15-23(4,5)27(22)17(3)28/h7-13,16,26H,14-15,25H2,1-6H3. The van der Waals surface area contributed by atoms with Crippen molar-refractivity contribution in [3.8, 4) is 0 Å². The van der Waals surface area contributed by atoms with Crippen LogP contribution in [0.3, 0.4) is 0 Å². The summed E-state index contributed by atoms with van der Waals surface area (Å²) in [6.45, 7) is 13.4. The number of hydrogen-bond donors (Lipinski definition) is 2. The molecule has 0 saturated heterocycles. The molecule has 1 atom stereocenters. The van der Waals surface area contributed by atoms with Crippen LogP contribution in [0.25, 0.3) is 0 Å². The molecule has 150 valence electrons. The highest BCUT2D eigenvalue weighted by Crippen LogP contribution is 2.52. The monoisotopic (exact) mass is 379 g/mol. The third-order valence-electron chi connectivity index (χ3n) is 5.82. The maximum Gasteiger partial charge on any atom is 0.224 e. The van der Waals surface area contributed by atoms with Gasteiger partial charge in [-0.05, 0) is 49.4 Å². The van der Waals surface area contributed by atoms with Crippen molar-refractivity contribution in [1.82, 2.24) is 0 Å². The van der Waals surface area contributed by atoms with Crippen LogP contribution in [0.5, 0.6) is 0 Å². The molecule has 0 aromatic heterocycles. The normalized spacial score (nSPS) is 20.8. The second-order valence-electron chi connectivity index (χ2n) is 9.27. The van der Waals surface area contributed by atoms with Gasteiger partial charge in [0.1, 0.15) is 0 Å². The van der Waals surface area contributed by atoms with E-state index in [0.717, 1.165) is 35.6 Å². The molecule has 1 amide bonds. The maximum absolute atomic E-state index is 12.7. The molecular weight excluding hydrogens is 346 g/mol. The molecular formula is C24H33N3O. The minimum absolute atomic E-state index is 0.0564. The Morgan fingerprint density at radius 3 is 2.39 bits per heavy atom. The molecule has 0 fully saturated rings. The summed E-state index contributed by atoms with van der Waals surface area (Å²) in [7, 11) is 0. The number of anilines is 3. The number of benzene rings is 2. The Bertz CT molecular complexity index is 873. The number of nitrogens with two attached hydrogens (primary N) is 1. The van der Waals surface area contributed by atoms with Gasteiger partial charge in [0.05, 0.1) is 17.1 Å². The average Bonchev–Trinajstić information content (AvgIpc) is 2.60. The van der Waals surface area contributed by atoms with Gasteiger partial charge in [-0.25, -0.2) is 0 Å². The summed E-state index contributed by atoms with van der Waals surface area (Å²) < 4.78 is 0. The molecule has 1 aliphatic rings. The molecule has 0 spiro atoms. The lowest BCUT2D eigenvalue weighted by molar-refractivity contribution is -0.117. The lowest BCUT2D eigenvalue weighted by atomic mass is 9.65. The van der Waals surface area contributed by atoms with E-state index in [1.165, 1.54) is 5.56 Å². The van der Waals surface area contributed by atoms with E-state index in [4.69, 9.17) is 5.73 Å². The first-order valence-electron chi connectivity index (χ1n) is 10.1. The van der Waals surface area contributed by atoms with Crippen LogP contribution in [-0.2, 0) is 10.2 Å². The zero-order valence-corrected chi connectivity index (χ0v) is 18.0. The predicted octanol–water partition coefficient (Wildman–Crippen LogP) is 5.18. The summed E-state index contributed by atoms with van der Waals surface area (Å²) in [5, 5.41) is 3.45. The van der Waals surface area contributed by atoms with Gasteiger partial charge in [-0.15, -0.1) is 0 Å². The first-order valence-corrected chi connectivity index (χ1v) is 10.1. The lowest BCUT2D eigenvalue weighted by Gasteiger charge is -2.51. The summed E-state index contributed by atoms with van der Waals surface area (Å²) in [5.41, 5.74) is 10.9. The molecule has 3 N–H and O–H groups in total. The molecule has 2 aromatic rings. The van der Waals surface area contributed by atoms with Crippen molar-refractivity contribution < 1.29 is 4.79 Å². The average molecular weight is 380 g/mol. The third kappa shape index (κ3) is 3.48. The molecule has 4 nitrogen and oxygen atoms in total. The van der Waals surface area contributed by atoms with Crippen molar-refractivity contribution in [1.29, 1.82) is 0 Å². The Kier molecular flexibility index (Phi) is 5.18. The van der Waals surface area contributed by atoms with E-state index in [0.29, 0.717) is 5.92 Å². The second-order valence-corrected chi connectivity index (χ2v) is 9.27. The quantitative estimate of drug-likeness (QED) is 0.720. The van der Waals surface area contributed by atoms with Gasteiger partial charge in [-0.3, -0.25) is 4.79 Å². The molecule has 1 heterocycles. The van der Waals surface area contributed by atoms with Crippen LogP contribution in [0.4, 0.5) is 17.1 Å². The number of amides is 1. The van der Waals surface area contributed by atoms with Crippen LogP contribution in [0, 0.1) is 5.92 Å². The van der Waals surface area contributed by atoms with E-state index >= 15 is 0 Å². The number of nitrogens with zero attached hydrogens (tertiary/aromatic N) is 1. The number of fused-ring (bicyclic) bond motifs is 1. The maximum atomic E-state index is 12.7. The summed E-state index contributed by atoms with van der Waals surface area (Å²) in [4.78, 5) is 14.6. The molecule has 0 saturated carbocycles. The molecule has 0 aliphatic carbocycles. The molecule has 0 radical (unpaired) electrons. The van der Waals surface area contributed by atoms with E-state index in [-0.39, 0.29) is 16.9 Å². The number of carbonyl (C=O) groups excluding carboxylic acids is 1.